The fraction of sp³-hybridized carbons (Fsp3) is 0.100. The van der Waals surface area contributed by atoms with E-state index in [2.05, 4.69) is 63.0 Å². The number of rotatable bonds is 3. The van der Waals surface area contributed by atoms with E-state index in [1.54, 1.807) is 6.20 Å². The minimum Gasteiger partial charge on any atom is -0.292 e. The zero-order chi connectivity index (χ0) is 14.1. The van der Waals surface area contributed by atoms with Crippen molar-refractivity contribution in [3.8, 4) is 0 Å². The summed E-state index contributed by atoms with van der Waals surface area (Å²) in [7, 11) is -3.72. The Bertz CT molecular complexity index is 695. The van der Waals surface area contributed by atoms with Crippen LogP contribution in [-0.2, 0) is 10.0 Å². The lowest BCUT2D eigenvalue weighted by molar-refractivity contribution is 0.590. The summed E-state index contributed by atoms with van der Waals surface area (Å²) in [5.41, 5.74) is 2.60. The van der Waals surface area contributed by atoms with Crippen LogP contribution in [-0.4, -0.2) is 14.9 Å². The minimum absolute atomic E-state index is 0.429. The molecule has 5 nitrogen and oxygen atoms in total. The Morgan fingerprint density at radius 1 is 1.11 bits per heavy atom. The van der Waals surface area contributed by atoms with Crippen molar-refractivity contribution in [1.29, 1.82) is 0 Å². The minimum atomic E-state index is -3.72. The Morgan fingerprint density at radius 3 is 2.47 bits per heavy atom. The maximum absolute atomic E-state index is 11.8. The first-order chi connectivity index (χ1) is 8.81. The first-order valence-corrected chi connectivity index (χ1v) is 8.85. The fourth-order valence-corrected chi connectivity index (χ4v) is 2.47. The molecule has 0 aliphatic heterocycles. The zero-order valence-corrected chi connectivity index (χ0v) is 14.8. The van der Waals surface area contributed by atoms with Gasteiger partial charge in [-0.05, 0) is 59.2 Å². The fourth-order valence-electron chi connectivity index (χ4n) is 1.39. The van der Waals surface area contributed by atoms with E-state index in [0.29, 0.717) is 5.82 Å². The number of sulfonamides is 1. The Kier molecular flexibility index (Phi) is 4.51. The van der Waals surface area contributed by atoms with Crippen molar-refractivity contribution in [1.82, 2.24) is 9.82 Å². The molecule has 1 heterocycles. The quantitative estimate of drug-likeness (QED) is 0.530. The summed E-state index contributed by atoms with van der Waals surface area (Å²) in [6.45, 7) is 0. The van der Waals surface area contributed by atoms with Gasteiger partial charge in [-0.15, -0.1) is 4.83 Å². The van der Waals surface area contributed by atoms with Crippen molar-refractivity contribution in [2.24, 2.45) is 0 Å². The van der Waals surface area contributed by atoms with E-state index >= 15 is 0 Å². The summed E-state index contributed by atoms with van der Waals surface area (Å²) in [5, 5.41) is 1.78. The second kappa shape index (κ2) is 5.65. The SMILES string of the molecule is O=S(=O)(NNc1nccc2ccccc12)C(Br)(Br)Br. The molecule has 0 fully saturated rings. The molecule has 0 radical (unpaired) electrons. The predicted octanol–water partition coefficient (Wildman–Crippen LogP) is 3.28. The van der Waals surface area contributed by atoms with E-state index in [0.717, 1.165) is 10.8 Å². The van der Waals surface area contributed by atoms with Gasteiger partial charge >= 0.3 is 0 Å². The van der Waals surface area contributed by atoms with Crippen molar-refractivity contribution in [2.75, 3.05) is 5.43 Å². The van der Waals surface area contributed by atoms with Crippen LogP contribution in [0.5, 0.6) is 0 Å². The number of hydrogen-bond donors (Lipinski definition) is 2. The summed E-state index contributed by atoms with van der Waals surface area (Å²) in [6, 6.07) is 9.37. The summed E-state index contributed by atoms with van der Waals surface area (Å²) in [4.78, 5) is 6.33. The van der Waals surface area contributed by atoms with Crippen LogP contribution in [0.15, 0.2) is 36.5 Å². The van der Waals surface area contributed by atoms with E-state index in [1.807, 2.05) is 30.3 Å². The van der Waals surface area contributed by atoms with Gasteiger partial charge in [-0.2, -0.15) is 0 Å². The number of nitrogens with one attached hydrogen (secondary N) is 2. The first kappa shape index (κ1) is 15.2. The van der Waals surface area contributed by atoms with Crippen LogP contribution >= 0.6 is 47.8 Å². The van der Waals surface area contributed by atoms with Gasteiger partial charge in [0.1, 0.15) is 5.82 Å². The Labute approximate surface area is 135 Å². The van der Waals surface area contributed by atoms with E-state index in [9.17, 15) is 8.42 Å². The van der Waals surface area contributed by atoms with Gasteiger partial charge in [-0.1, -0.05) is 24.3 Å². The van der Waals surface area contributed by atoms with Gasteiger partial charge in [-0.3, -0.25) is 5.43 Å². The summed E-state index contributed by atoms with van der Waals surface area (Å²) in [6.07, 6.45) is 1.60. The lowest BCUT2D eigenvalue weighted by Gasteiger charge is -2.16. The maximum Gasteiger partial charge on any atom is 0.264 e. The summed E-state index contributed by atoms with van der Waals surface area (Å²) in [5.74, 6) is 0.429. The van der Waals surface area contributed by atoms with Gasteiger partial charge in [0, 0.05) is 11.6 Å². The smallest absolute Gasteiger partial charge is 0.264 e. The summed E-state index contributed by atoms with van der Waals surface area (Å²) >= 11 is 8.84. The van der Waals surface area contributed by atoms with Gasteiger partial charge < -0.3 is 0 Å². The Hall–Kier alpha value is -0.220. The van der Waals surface area contributed by atoms with Crippen LogP contribution in [0.2, 0.25) is 0 Å². The highest BCUT2D eigenvalue weighted by Gasteiger charge is 2.35. The number of alkyl halides is 3. The van der Waals surface area contributed by atoms with Crippen LogP contribution in [0.3, 0.4) is 0 Å². The van der Waals surface area contributed by atoms with E-state index < -0.39 is 11.5 Å². The molecule has 2 rings (SSSR count). The molecule has 2 N–H and O–H groups in total. The highest BCUT2D eigenvalue weighted by Crippen LogP contribution is 2.38. The number of benzene rings is 1. The number of halogens is 3. The van der Waals surface area contributed by atoms with Crippen molar-refractivity contribution in [3.05, 3.63) is 36.5 Å². The monoisotopic (exact) mass is 471 g/mol. The first-order valence-electron chi connectivity index (χ1n) is 4.99. The molecule has 0 aliphatic rings. The third kappa shape index (κ3) is 3.46. The normalized spacial score (nSPS) is 12.6. The molecule has 9 heteroatoms. The molecule has 1 aromatic carbocycles. The van der Waals surface area contributed by atoms with E-state index in [4.69, 9.17) is 0 Å². The van der Waals surface area contributed by atoms with Gasteiger partial charge in [0.05, 0.1) is 0 Å². The van der Waals surface area contributed by atoms with E-state index in [1.165, 1.54) is 0 Å². The number of anilines is 1. The number of nitrogens with zero attached hydrogens (tertiary/aromatic N) is 1. The number of pyridine rings is 1. The van der Waals surface area contributed by atoms with Gasteiger partial charge in [0.2, 0.25) is 1.47 Å². The Balaban J connectivity index is 2.29. The van der Waals surface area contributed by atoms with Crippen LogP contribution in [0.1, 0.15) is 0 Å². The molecule has 0 unspecified atom stereocenters. The molecule has 0 bridgehead atoms. The lowest BCUT2D eigenvalue weighted by atomic mass is 10.2. The maximum atomic E-state index is 11.8. The highest BCUT2D eigenvalue weighted by molar-refractivity contribution is 9.42. The molecule has 0 spiro atoms. The second-order valence-electron chi connectivity index (χ2n) is 3.56. The molecule has 0 aliphatic carbocycles. The van der Waals surface area contributed by atoms with Crippen molar-refractivity contribution in [2.45, 2.75) is 1.47 Å². The van der Waals surface area contributed by atoms with Gasteiger partial charge in [0.25, 0.3) is 10.0 Å². The third-order valence-electron chi connectivity index (χ3n) is 2.28. The second-order valence-corrected chi connectivity index (χ2v) is 13.7. The number of hydrogen-bond acceptors (Lipinski definition) is 4. The van der Waals surface area contributed by atoms with Gasteiger partial charge in [0.15, 0.2) is 0 Å². The van der Waals surface area contributed by atoms with Crippen LogP contribution in [0.25, 0.3) is 10.8 Å². The largest absolute Gasteiger partial charge is 0.292 e. The number of fused-ring (bicyclic) bond motifs is 1. The molecule has 0 saturated carbocycles. The molecule has 0 amide bonds. The Morgan fingerprint density at radius 2 is 1.79 bits per heavy atom. The topological polar surface area (TPSA) is 71.1 Å². The highest BCUT2D eigenvalue weighted by atomic mass is 80.0. The molecule has 2 aromatic rings. The molecule has 0 atom stereocenters. The summed E-state index contributed by atoms with van der Waals surface area (Å²) < 4.78 is 22.2. The molecular formula is C10H8Br3N3O2S. The molecular weight excluding hydrogens is 466 g/mol. The average Bonchev–Trinajstić information content (AvgIpc) is 2.35. The van der Waals surface area contributed by atoms with Crippen molar-refractivity contribution in [3.63, 3.8) is 0 Å². The number of hydrazine groups is 1. The van der Waals surface area contributed by atoms with Crippen LogP contribution in [0, 0.1) is 0 Å². The molecule has 1 aromatic heterocycles. The zero-order valence-electron chi connectivity index (χ0n) is 9.27. The molecule has 19 heavy (non-hydrogen) atoms. The third-order valence-corrected chi connectivity index (χ3v) is 7.10. The average molecular weight is 474 g/mol. The van der Waals surface area contributed by atoms with Gasteiger partial charge in [-0.25, -0.2) is 13.4 Å². The van der Waals surface area contributed by atoms with E-state index in [-0.39, 0.29) is 0 Å². The predicted molar refractivity (Wildman–Crippen MR) is 86.9 cm³/mol. The van der Waals surface area contributed by atoms with Crippen LogP contribution in [0.4, 0.5) is 5.82 Å². The lowest BCUT2D eigenvalue weighted by Crippen LogP contribution is -2.37. The van der Waals surface area contributed by atoms with Crippen LogP contribution < -0.4 is 10.3 Å². The van der Waals surface area contributed by atoms with Crippen molar-refractivity contribution >= 4 is 74.4 Å². The standard InChI is InChI=1S/C10H8Br3N3O2S/c11-10(12,13)19(17,18)16-15-9-8-4-2-1-3-7(8)5-6-14-9/h1-6,16H,(H,14,15). The molecule has 102 valence electrons. The molecule has 0 saturated heterocycles. The van der Waals surface area contributed by atoms with Crippen molar-refractivity contribution < 1.29 is 8.42 Å². The number of aromatic nitrogens is 1.